The number of halogens is 1. The fraction of sp³-hybridized carbons (Fsp3) is 0.667. The molecule has 0 saturated carbocycles. The molecule has 2 fully saturated rings. The van der Waals surface area contributed by atoms with Gasteiger partial charge in [0, 0.05) is 37.2 Å². The van der Waals surface area contributed by atoms with Crippen LogP contribution in [0.15, 0.2) is 28.7 Å². The second kappa shape index (κ2) is 9.39. The van der Waals surface area contributed by atoms with Gasteiger partial charge in [-0.2, -0.15) is 0 Å². The SMILES string of the molecule is CC1CN(CC2CCN(C(=O)C(C)Oc3ccc(Br)cc3)CC2)CC(C)O1. The van der Waals surface area contributed by atoms with Crippen LogP contribution in [0.4, 0.5) is 0 Å². The summed E-state index contributed by atoms with van der Waals surface area (Å²) in [6, 6.07) is 7.60. The molecule has 0 N–H and O–H groups in total. The van der Waals surface area contributed by atoms with Gasteiger partial charge in [-0.1, -0.05) is 15.9 Å². The summed E-state index contributed by atoms with van der Waals surface area (Å²) < 4.78 is 12.6. The van der Waals surface area contributed by atoms with E-state index in [1.807, 2.05) is 36.1 Å². The van der Waals surface area contributed by atoms with Crippen molar-refractivity contribution >= 4 is 21.8 Å². The first-order valence-electron chi connectivity index (χ1n) is 9.99. The van der Waals surface area contributed by atoms with Gasteiger partial charge in [0.1, 0.15) is 5.75 Å². The van der Waals surface area contributed by atoms with Crippen LogP contribution in [0.5, 0.6) is 5.75 Å². The standard InChI is InChI=1S/C21H31BrN2O3/c1-15-12-23(13-16(2)26-15)14-18-8-10-24(11-9-18)21(25)17(3)27-20-6-4-19(22)5-7-20/h4-7,15-18H,8-14H2,1-3H3. The molecule has 2 saturated heterocycles. The van der Waals surface area contributed by atoms with Crippen LogP contribution in [0.3, 0.4) is 0 Å². The molecule has 5 nitrogen and oxygen atoms in total. The Morgan fingerprint density at radius 1 is 1.19 bits per heavy atom. The zero-order valence-corrected chi connectivity index (χ0v) is 18.2. The van der Waals surface area contributed by atoms with Crippen LogP contribution in [0.25, 0.3) is 0 Å². The maximum Gasteiger partial charge on any atom is 0.263 e. The van der Waals surface area contributed by atoms with Gasteiger partial charge in [-0.25, -0.2) is 0 Å². The summed E-state index contributed by atoms with van der Waals surface area (Å²) in [6.45, 7) is 10.9. The number of likely N-dealkylation sites (tertiary alicyclic amines) is 1. The summed E-state index contributed by atoms with van der Waals surface area (Å²) >= 11 is 3.41. The molecule has 0 bridgehead atoms. The van der Waals surface area contributed by atoms with Gasteiger partial charge >= 0.3 is 0 Å². The lowest BCUT2D eigenvalue weighted by atomic mass is 9.95. The highest BCUT2D eigenvalue weighted by Crippen LogP contribution is 2.23. The molecule has 1 amide bonds. The Bertz CT molecular complexity index is 606. The predicted octanol–water partition coefficient (Wildman–Crippen LogP) is 3.56. The molecule has 0 aromatic heterocycles. The van der Waals surface area contributed by atoms with Crippen molar-refractivity contribution in [1.29, 1.82) is 0 Å². The molecule has 0 aliphatic carbocycles. The largest absolute Gasteiger partial charge is 0.481 e. The third kappa shape index (κ3) is 5.93. The van der Waals surface area contributed by atoms with Crippen molar-refractivity contribution in [2.45, 2.75) is 51.9 Å². The van der Waals surface area contributed by atoms with Crippen molar-refractivity contribution < 1.29 is 14.3 Å². The number of carbonyl (C=O) groups is 1. The number of hydrogen-bond donors (Lipinski definition) is 0. The van der Waals surface area contributed by atoms with E-state index in [4.69, 9.17) is 9.47 Å². The lowest BCUT2D eigenvalue weighted by molar-refractivity contribution is -0.139. The third-order valence-electron chi connectivity index (χ3n) is 5.41. The van der Waals surface area contributed by atoms with Gasteiger partial charge in [-0.15, -0.1) is 0 Å². The molecule has 27 heavy (non-hydrogen) atoms. The Kier molecular flexibility index (Phi) is 7.17. The molecule has 1 aromatic rings. The van der Waals surface area contributed by atoms with E-state index in [0.717, 1.165) is 55.8 Å². The number of amides is 1. The van der Waals surface area contributed by atoms with Crippen LogP contribution in [0.2, 0.25) is 0 Å². The van der Waals surface area contributed by atoms with Crippen LogP contribution in [0.1, 0.15) is 33.6 Å². The molecule has 150 valence electrons. The van der Waals surface area contributed by atoms with Crippen molar-refractivity contribution in [2.75, 3.05) is 32.7 Å². The van der Waals surface area contributed by atoms with E-state index in [0.29, 0.717) is 18.1 Å². The summed E-state index contributed by atoms with van der Waals surface area (Å²) in [4.78, 5) is 17.2. The van der Waals surface area contributed by atoms with Crippen molar-refractivity contribution in [3.8, 4) is 5.75 Å². The van der Waals surface area contributed by atoms with Gasteiger partial charge in [0.05, 0.1) is 12.2 Å². The fourth-order valence-corrected chi connectivity index (χ4v) is 4.42. The zero-order valence-electron chi connectivity index (χ0n) is 16.6. The monoisotopic (exact) mass is 438 g/mol. The van der Waals surface area contributed by atoms with Gasteiger partial charge in [0.2, 0.25) is 0 Å². The molecule has 3 atom stereocenters. The summed E-state index contributed by atoms with van der Waals surface area (Å²) in [6.07, 6.45) is 2.30. The Labute approximate surface area is 171 Å². The van der Waals surface area contributed by atoms with Gasteiger partial charge in [0.15, 0.2) is 6.10 Å². The first-order chi connectivity index (χ1) is 12.9. The van der Waals surface area contributed by atoms with E-state index in [9.17, 15) is 4.79 Å². The van der Waals surface area contributed by atoms with Crippen LogP contribution < -0.4 is 4.74 Å². The number of morpholine rings is 1. The van der Waals surface area contributed by atoms with E-state index in [2.05, 4.69) is 34.7 Å². The van der Waals surface area contributed by atoms with E-state index < -0.39 is 6.10 Å². The smallest absolute Gasteiger partial charge is 0.263 e. The predicted molar refractivity (Wildman–Crippen MR) is 110 cm³/mol. The topological polar surface area (TPSA) is 42.0 Å². The summed E-state index contributed by atoms with van der Waals surface area (Å²) in [5.41, 5.74) is 0. The Morgan fingerprint density at radius 2 is 1.78 bits per heavy atom. The molecule has 2 heterocycles. The quantitative estimate of drug-likeness (QED) is 0.704. The fourth-order valence-electron chi connectivity index (χ4n) is 4.16. The molecule has 2 aliphatic heterocycles. The van der Waals surface area contributed by atoms with E-state index in [1.165, 1.54) is 0 Å². The average molecular weight is 439 g/mol. The van der Waals surface area contributed by atoms with E-state index in [1.54, 1.807) is 0 Å². The maximum absolute atomic E-state index is 12.7. The number of rotatable bonds is 5. The third-order valence-corrected chi connectivity index (χ3v) is 5.94. The Hall–Kier alpha value is -1.11. The number of hydrogen-bond acceptors (Lipinski definition) is 4. The van der Waals surface area contributed by atoms with Crippen molar-refractivity contribution in [1.82, 2.24) is 9.80 Å². The Balaban J connectivity index is 1.44. The van der Waals surface area contributed by atoms with Crippen LogP contribution >= 0.6 is 15.9 Å². The molecule has 3 rings (SSSR count). The minimum absolute atomic E-state index is 0.0879. The highest BCUT2D eigenvalue weighted by molar-refractivity contribution is 9.10. The maximum atomic E-state index is 12.7. The first-order valence-corrected chi connectivity index (χ1v) is 10.8. The zero-order chi connectivity index (χ0) is 19.4. The van der Waals surface area contributed by atoms with Crippen molar-refractivity contribution in [2.24, 2.45) is 5.92 Å². The van der Waals surface area contributed by atoms with E-state index >= 15 is 0 Å². The highest BCUT2D eigenvalue weighted by Gasteiger charge is 2.29. The first kappa shape index (κ1) is 20.6. The molecule has 2 aliphatic rings. The van der Waals surface area contributed by atoms with Crippen molar-refractivity contribution in [3.63, 3.8) is 0 Å². The average Bonchev–Trinajstić information content (AvgIpc) is 2.63. The molecule has 0 radical (unpaired) electrons. The van der Waals surface area contributed by atoms with Crippen LogP contribution in [0, 0.1) is 5.92 Å². The van der Waals surface area contributed by atoms with Gasteiger partial charge in [0.25, 0.3) is 5.91 Å². The molecular weight excluding hydrogens is 408 g/mol. The van der Waals surface area contributed by atoms with E-state index in [-0.39, 0.29) is 5.91 Å². The van der Waals surface area contributed by atoms with Crippen LogP contribution in [-0.2, 0) is 9.53 Å². The summed E-state index contributed by atoms with van der Waals surface area (Å²) in [7, 11) is 0. The minimum Gasteiger partial charge on any atom is -0.481 e. The minimum atomic E-state index is -0.455. The van der Waals surface area contributed by atoms with Gasteiger partial charge in [-0.3, -0.25) is 9.69 Å². The number of nitrogens with zero attached hydrogens (tertiary/aromatic N) is 2. The number of benzene rings is 1. The molecule has 6 heteroatoms. The normalized spacial score (nSPS) is 26.0. The number of piperidine rings is 1. The lowest BCUT2D eigenvalue weighted by Crippen LogP contribution is -2.49. The van der Waals surface area contributed by atoms with Crippen LogP contribution in [-0.4, -0.2) is 66.7 Å². The number of ether oxygens (including phenoxy) is 2. The second-order valence-electron chi connectivity index (χ2n) is 7.96. The molecular formula is C21H31BrN2O3. The molecule has 1 aromatic carbocycles. The summed E-state index contributed by atoms with van der Waals surface area (Å²) in [5.74, 6) is 1.48. The van der Waals surface area contributed by atoms with Crippen molar-refractivity contribution in [3.05, 3.63) is 28.7 Å². The summed E-state index contributed by atoms with van der Waals surface area (Å²) in [5, 5.41) is 0. The number of carbonyl (C=O) groups excluding carboxylic acids is 1. The Morgan fingerprint density at radius 3 is 2.37 bits per heavy atom. The van der Waals surface area contributed by atoms with Gasteiger partial charge < -0.3 is 14.4 Å². The second-order valence-corrected chi connectivity index (χ2v) is 8.87. The van der Waals surface area contributed by atoms with Gasteiger partial charge in [-0.05, 0) is 63.8 Å². The highest BCUT2D eigenvalue weighted by atomic mass is 79.9. The molecule has 3 unspecified atom stereocenters. The lowest BCUT2D eigenvalue weighted by Gasteiger charge is -2.39. The molecule has 0 spiro atoms.